The average Bonchev–Trinajstić information content (AvgIpc) is 2.88. The van der Waals surface area contributed by atoms with Crippen LogP contribution in [0, 0.1) is 0 Å². The highest BCUT2D eigenvalue weighted by Crippen LogP contribution is 2.39. The van der Waals surface area contributed by atoms with Gasteiger partial charge in [-0.1, -0.05) is 0 Å². The van der Waals surface area contributed by atoms with Crippen molar-refractivity contribution in [2.45, 2.75) is 30.7 Å². The molecule has 12 heteroatoms. The van der Waals surface area contributed by atoms with Crippen molar-refractivity contribution in [3.05, 3.63) is 40.6 Å². The van der Waals surface area contributed by atoms with E-state index in [1.165, 1.54) is 51.7 Å². The first-order valence-corrected chi connectivity index (χ1v) is 10.8. The van der Waals surface area contributed by atoms with E-state index in [0.29, 0.717) is 5.56 Å². The number of rotatable bonds is 7. The van der Waals surface area contributed by atoms with Crippen LogP contribution in [0.2, 0.25) is 0 Å². The Labute approximate surface area is 204 Å². The Balaban J connectivity index is 1.83. The number of benzene rings is 2. The number of ether oxygens (including phenoxy) is 5. The van der Waals surface area contributed by atoms with Gasteiger partial charge in [-0.15, -0.1) is 0 Å². The summed E-state index contributed by atoms with van der Waals surface area (Å²) in [4.78, 5) is 13.3. The highest BCUT2D eigenvalue weighted by Gasteiger charge is 2.44. The van der Waals surface area contributed by atoms with E-state index in [0.717, 1.165) is 0 Å². The summed E-state index contributed by atoms with van der Waals surface area (Å²) < 4.78 is 32.9. The van der Waals surface area contributed by atoms with Crippen LogP contribution in [0.3, 0.4) is 0 Å². The van der Waals surface area contributed by atoms with E-state index in [9.17, 15) is 30.3 Å². The fraction of sp³-hybridized carbons (Fsp3) is 0.375. The predicted octanol–water partition coefficient (Wildman–Crippen LogP) is 0.370. The lowest BCUT2D eigenvalue weighted by Gasteiger charge is -2.39. The largest absolute Gasteiger partial charge is 0.504 e. The molecule has 194 valence electrons. The van der Waals surface area contributed by atoms with Crippen LogP contribution in [-0.2, 0) is 4.74 Å². The molecule has 0 radical (unpaired) electrons. The Morgan fingerprint density at radius 2 is 1.64 bits per heavy atom. The van der Waals surface area contributed by atoms with E-state index in [4.69, 9.17) is 28.1 Å². The van der Waals surface area contributed by atoms with E-state index >= 15 is 0 Å². The maximum atomic E-state index is 13.3. The molecule has 0 bridgehead atoms. The van der Waals surface area contributed by atoms with Crippen molar-refractivity contribution in [3.63, 3.8) is 0 Å². The number of hydrogen-bond donors (Lipinski definition) is 5. The molecule has 1 aliphatic rings. The minimum atomic E-state index is -1.65. The summed E-state index contributed by atoms with van der Waals surface area (Å²) in [6, 6.07) is 7.05. The molecule has 1 aliphatic heterocycles. The molecule has 1 aromatic heterocycles. The van der Waals surface area contributed by atoms with Crippen LogP contribution >= 0.6 is 0 Å². The molecule has 0 aliphatic carbocycles. The molecule has 0 saturated carbocycles. The third-order valence-electron chi connectivity index (χ3n) is 5.86. The van der Waals surface area contributed by atoms with Gasteiger partial charge in [-0.25, -0.2) is 0 Å². The van der Waals surface area contributed by atoms with Crippen LogP contribution in [0.5, 0.6) is 28.7 Å². The molecule has 5 atom stereocenters. The Morgan fingerprint density at radius 1 is 0.917 bits per heavy atom. The van der Waals surface area contributed by atoms with Crippen LogP contribution in [0.25, 0.3) is 22.3 Å². The van der Waals surface area contributed by atoms with Gasteiger partial charge in [0, 0.05) is 17.7 Å². The maximum Gasteiger partial charge on any atom is 0.239 e. The number of aromatic hydroxyl groups is 1. The van der Waals surface area contributed by atoms with Crippen LogP contribution < -0.4 is 24.4 Å². The molecule has 0 spiro atoms. The topological polar surface area (TPSA) is 178 Å². The summed E-state index contributed by atoms with van der Waals surface area (Å²) >= 11 is 0. The molecule has 4 rings (SSSR count). The summed E-state index contributed by atoms with van der Waals surface area (Å²) in [6.07, 6.45) is -7.47. The summed E-state index contributed by atoms with van der Waals surface area (Å²) in [5.41, 5.74) is -0.140. The van der Waals surface area contributed by atoms with Gasteiger partial charge in [0.05, 0.1) is 27.9 Å². The minimum Gasteiger partial charge on any atom is -0.504 e. The molecular formula is C24H26O12. The van der Waals surface area contributed by atoms with Gasteiger partial charge in [0.1, 0.15) is 46.9 Å². The zero-order valence-corrected chi connectivity index (χ0v) is 19.6. The molecule has 2 heterocycles. The molecule has 36 heavy (non-hydrogen) atoms. The highest BCUT2D eigenvalue weighted by molar-refractivity contribution is 5.88. The Kier molecular flexibility index (Phi) is 7.24. The van der Waals surface area contributed by atoms with E-state index in [1.54, 1.807) is 0 Å². The summed E-state index contributed by atoms with van der Waals surface area (Å²) in [5, 5.41) is 49.7. The first-order chi connectivity index (χ1) is 17.2. The van der Waals surface area contributed by atoms with Crippen molar-refractivity contribution in [1.29, 1.82) is 0 Å². The molecule has 2 aromatic carbocycles. The van der Waals surface area contributed by atoms with Gasteiger partial charge in [0.15, 0.2) is 17.3 Å². The Hall–Kier alpha value is -3.55. The SMILES string of the molecule is COc1cc(-c2oc3cc(OC4OC(CO)C(O)C(O)C4O)cc(OC)c3c(=O)c2OC)ccc1O. The maximum absolute atomic E-state index is 13.3. The van der Waals surface area contributed by atoms with Gasteiger partial charge in [-0.05, 0) is 18.2 Å². The summed E-state index contributed by atoms with van der Waals surface area (Å²) in [6.45, 7) is -0.625. The zero-order valence-electron chi connectivity index (χ0n) is 19.6. The van der Waals surface area contributed by atoms with E-state index < -0.39 is 42.7 Å². The Bertz CT molecular complexity index is 1300. The van der Waals surface area contributed by atoms with Crippen molar-refractivity contribution in [2.75, 3.05) is 27.9 Å². The zero-order chi connectivity index (χ0) is 26.1. The predicted molar refractivity (Wildman–Crippen MR) is 124 cm³/mol. The lowest BCUT2D eigenvalue weighted by Crippen LogP contribution is -2.60. The monoisotopic (exact) mass is 506 g/mol. The number of aliphatic hydroxyl groups is 4. The third-order valence-corrected chi connectivity index (χ3v) is 5.86. The van der Waals surface area contributed by atoms with Gasteiger partial charge >= 0.3 is 0 Å². The standard InChI is InChI=1S/C24H26O12/c1-31-13-6-10(4-5-12(13)26)22-23(33-3)19(28)17-14(32-2)7-11(8-15(17)35-22)34-24-21(30)20(29)18(27)16(9-25)36-24/h4-8,16,18,20-21,24-27,29-30H,9H2,1-3H3. The summed E-state index contributed by atoms with van der Waals surface area (Å²) in [7, 11) is 4.01. The lowest BCUT2D eigenvalue weighted by molar-refractivity contribution is -0.277. The van der Waals surface area contributed by atoms with Crippen molar-refractivity contribution in [3.8, 4) is 40.1 Å². The van der Waals surface area contributed by atoms with E-state index in [1.807, 2.05) is 0 Å². The van der Waals surface area contributed by atoms with Crippen molar-refractivity contribution < 1.29 is 53.6 Å². The fourth-order valence-electron chi connectivity index (χ4n) is 3.97. The van der Waals surface area contributed by atoms with Gasteiger partial charge in [-0.3, -0.25) is 4.79 Å². The van der Waals surface area contributed by atoms with Crippen LogP contribution in [0.15, 0.2) is 39.5 Å². The molecule has 5 unspecified atom stereocenters. The van der Waals surface area contributed by atoms with Gasteiger partial charge in [-0.2, -0.15) is 0 Å². The first kappa shape index (κ1) is 25.5. The molecule has 12 nitrogen and oxygen atoms in total. The van der Waals surface area contributed by atoms with Crippen molar-refractivity contribution in [1.82, 2.24) is 0 Å². The second kappa shape index (κ2) is 10.2. The second-order valence-corrected chi connectivity index (χ2v) is 7.99. The minimum absolute atomic E-state index is 0.0294. The third kappa shape index (κ3) is 4.40. The average molecular weight is 506 g/mol. The number of phenols is 1. The first-order valence-electron chi connectivity index (χ1n) is 10.8. The Morgan fingerprint density at radius 3 is 2.28 bits per heavy atom. The van der Waals surface area contributed by atoms with Crippen LogP contribution in [-0.4, -0.2) is 84.2 Å². The van der Waals surface area contributed by atoms with E-state index in [2.05, 4.69) is 0 Å². The van der Waals surface area contributed by atoms with E-state index in [-0.39, 0.29) is 45.5 Å². The number of methoxy groups -OCH3 is 3. The smallest absolute Gasteiger partial charge is 0.239 e. The van der Waals surface area contributed by atoms with Crippen LogP contribution in [0.4, 0.5) is 0 Å². The molecule has 1 fully saturated rings. The van der Waals surface area contributed by atoms with Crippen LogP contribution in [0.1, 0.15) is 0 Å². The highest BCUT2D eigenvalue weighted by atomic mass is 16.7. The molecule has 0 amide bonds. The van der Waals surface area contributed by atoms with Gasteiger partial charge in [0.2, 0.25) is 17.5 Å². The number of phenolic OH excluding ortho intramolecular Hbond substituents is 1. The molecule has 3 aromatic rings. The van der Waals surface area contributed by atoms with Gasteiger partial charge < -0.3 is 53.6 Å². The summed E-state index contributed by atoms with van der Waals surface area (Å²) in [5.74, 6) is 0.0616. The lowest BCUT2D eigenvalue weighted by atomic mass is 9.99. The molecule has 1 saturated heterocycles. The molecule has 5 N–H and O–H groups in total. The quantitative estimate of drug-likeness (QED) is 0.298. The van der Waals surface area contributed by atoms with Gasteiger partial charge in [0.25, 0.3) is 0 Å². The number of fused-ring (bicyclic) bond motifs is 1. The van der Waals surface area contributed by atoms with Crippen molar-refractivity contribution in [2.24, 2.45) is 0 Å². The van der Waals surface area contributed by atoms with Crippen molar-refractivity contribution >= 4 is 11.0 Å². The number of hydrogen-bond acceptors (Lipinski definition) is 12. The molecular weight excluding hydrogens is 480 g/mol. The number of aliphatic hydroxyl groups excluding tert-OH is 4. The normalized spacial score (nSPS) is 23.9. The second-order valence-electron chi connectivity index (χ2n) is 7.99. The fourth-order valence-corrected chi connectivity index (χ4v) is 3.97.